The lowest BCUT2D eigenvalue weighted by Crippen LogP contribution is -2.09. The van der Waals surface area contributed by atoms with Crippen molar-refractivity contribution in [1.82, 2.24) is 0 Å². The smallest absolute Gasteiger partial charge is 0.199 e. The molecule has 1 unspecified atom stereocenters. The first kappa shape index (κ1) is 6.33. The van der Waals surface area contributed by atoms with E-state index in [9.17, 15) is 4.79 Å². The molecule has 0 saturated carbocycles. The van der Waals surface area contributed by atoms with Gasteiger partial charge in [0.25, 0.3) is 0 Å². The molecule has 50 valence electrons. The molecule has 1 atom stereocenters. The lowest BCUT2D eigenvalue weighted by molar-refractivity contribution is -0.119. The van der Waals surface area contributed by atoms with Crippen molar-refractivity contribution in [2.75, 3.05) is 0 Å². The first-order valence-corrected chi connectivity index (χ1v) is 3.15. The molecule has 0 aromatic carbocycles. The molecule has 0 N–H and O–H groups in total. The van der Waals surface area contributed by atoms with Crippen LogP contribution in [0.1, 0.15) is 20.3 Å². The van der Waals surface area contributed by atoms with Crippen molar-refractivity contribution in [3.8, 4) is 0 Å². The predicted octanol–water partition coefficient (Wildman–Crippen LogP) is 1.27. The topological polar surface area (TPSA) is 26.3 Å². The van der Waals surface area contributed by atoms with Gasteiger partial charge in [0, 0.05) is 12.5 Å². The van der Waals surface area contributed by atoms with Crippen molar-refractivity contribution in [1.29, 1.82) is 0 Å². The average molecular weight is 126 g/mol. The molecule has 0 aromatic rings. The first-order valence-electron chi connectivity index (χ1n) is 3.15. The minimum absolute atomic E-state index is 0.0897. The maximum atomic E-state index is 10.7. The van der Waals surface area contributed by atoms with E-state index in [0.29, 0.717) is 0 Å². The highest BCUT2D eigenvalue weighted by molar-refractivity contribution is 5.95. The predicted molar refractivity (Wildman–Crippen MR) is 33.9 cm³/mol. The van der Waals surface area contributed by atoms with Gasteiger partial charge in [0.1, 0.15) is 5.76 Å². The number of carbonyl (C=O) groups is 1. The van der Waals surface area contributed by atoms with Crippen molar-refractivity contribution < 1.29 is 9.53 Å². The van der Waals surface area contributed by atoms with E-state index in [-0.39, 0.29) is 11.9 Å². The van der Waals surface area contributed by atoms with Gasteiger partial charge in [-0.3, -0.25) is 4.79 Å². The summed E-state index contributed by atoms with van der Waals surface area (Å²) in [5.74, 6) is 0.902. The van der Waals surface area contributed by atoms with Gasteiger partial charge in [-0.25, -0.2) is 0 Å². The summed E-state index contributed by atoms with van der Waals surface area (Å²) in [6.45, 7) is 3.73. The maximum absolute atomic E-state index is 10.7. The molecule has 1 aliphatic heterocycles. The highest BCUT2D eigenvalue weighted by atomic mass is 16.5. The van der Waals surface area contributed by atoms with Crippen LogP contribution in [0.5, 0.6) is 0 Å². The fourth-order valence-electron chi connectivity index (χ4n) is 0.781. The van der Waals surface area contributed by atoms with Crippen LogP contribution in [0.3, 0.4) is 0 Å². The number of rotatable bonds is 1. The van der Waals surface area contributed by atoms with Gasteiger partial charge in [0.2, 0.25) is 0 Å². The van der Waals surface area contributed by atoms with Crippen LogP contribution >= 0.6 is 0 Å². The minimum Gasteiger partial charge on any atom is -0.487 e. The third-order valence-corrected chi connectivity index (χ3v) is 1.38. The van der Waals surface area contributed by atoms with E-state index in [2.05, 4.69) is 0 Å². The van der Waals surface area contributed by atoms with E-state index in [1.165, 1.54) is 0 Å². The molecule has 1 rings (SSSR count). The Kier molecular flexibility index (Phi) is 1.56. The normalized spacial score (nSPS) is 25.8. The number of hydrogen-bond donors (Lipinski definition) is 0. The van der Waals surface area contributed by atoms with Gasteiger partial charge < -0.3 is 4.74 Å². The number of ketones is 1. The van der Waals surface area contributed by atoms with Gasteiger partial charge in [-0.05, 0) is 6.92 Å². The number of carbonyl (C=O) groups excluding carboxylic acids is 1. The van der Waals surface area contributed by atoms with E-state index in [4.69, 9.17) is 4.74 Å². The number of ether oxygens (including phenoxy) is 1. The standard InChI is InChI=1S/C7H10O2/c1-3-6-4-7(8)5(2)9-6/h4-5H,3H2,1-2H3. The molecule has 1 aliphatic rings. The first-order chi connectivity index (χ1) is 4.24. The third-order valence-electron chi connectivity index (χ3n) is 1.38. The van der Waals surface area contributed by atoms with Crippen molar-refractivity contribution in [3.05, 3.63) is 11.8 Å². The van der Waals surface area contributed by atoms with Crippen molar-refractivity contribution >= 4 is 5.78 Å². The van der Waals surface area contributed by atoms with Crippen molar-refractivity contribution in [2.45, 2.75) is 26.4 Å². The van der Waals surface area contributed by atoms with E-state index >= 15 is 0 Å². The largest absolute Gasteiger partial charge is 0.487 e. The Morgan fingerprint density at radius 3 is 2.67 bits per heavy atom. The van der Waals surface area contributed by atoms with Gasteiger partial charge in [-0.1, -0.05) is 6.92 Å². The minimum atomic E-state index is -0.236. The molecule has 0 fully saturated rings. The summed E-state index contributed by atoms with van der Waals surface area (Å²) in [5.41, 5.74) is 0. The fourth-order valence-corrected chi connectivity index (χ4v) is 0.781. The highest BCUT2D eigenvalue weighted by Crippen LogP contribution is 2.15. The van der Waals surface area contributed by atoms with Gasteiger partial charge in [0.15, 0.2) is 11.9 Å². The maximum Gasteiger partial charge on any atom is 0.199 e. The summed E-state index contributed by atoms with van der Waals surface area (Å²) in [4.78, 5) is 10.7. The Hall–Kier alpha value is -0.790. The van der Waals surface area contributed by atoms with Gasteiger partial charge in [-0.2, -0.15) is 0 Å². The van der Waals surface area contributed by atoms with Crippen LogP contribution in [0.2, 0.25) is 0 Å². The molecule has 1 heterocycles. The second kappa shape index (κ2) is 2.21. The summed E-state index contributed by atoms with van der Waals surface area (Å²) < 4.78 is 5.13. The SMILES string of the molecule is CCC1=CC(=O)C(C)O1. The molecular formula is C7H10O2. The Balaban J connectivity index is 2.62. The molecule has 0 spiro atoms. The van der Waals surface area contributed by atoms with Crippen LogP contribution < -0.4 is 0 Å². The van der Waals surface area contributed by atoms with Crippen LogP contribution in [0.4, 0.5) is 0 Å². The Labute approximate surface area is 54.5 Å². The lowest BCUT2D eigenvalue weighted by atomic mass is 10.3. The fraction of sp³-hybridized carbons (Fsp3) is 0.571. The van der Waals surface area contributed by atoms with Gasteiger partial charge in [-0.15, -0.1) is 0 Å². The summed E-state index contributed by atoms with van der Waals surface area (Å²) in [6.07, 6.45) is 2.15. The van der Waals surface area contributed by atoms with E-state index in [1.54, 1.807) is 13.0 Å². The van der Waals surface area contributed by atoms with E-state index in [0.717, 1.165) is 12.2 Å². The summed E-state index contributed by atoms with van der Waals surface area (Å²) in [6, 6.07) is 0. The molecule has 0 amide bonds. The van der Waals surface area contributed by atoms with Crippen LogP contribution in [0.25, 0.3) is 0 Å². The third kappa shape index (κ3) is 1.12. The Morgan fingerprint density at radius 2 is 2.44 bits per heavy atom. The molecule has 0 saturated heterocycles. The Morgan fingerprint density at radius 1 is 1.78 bits per heavy atom. The molecule has 0 aliphatic carbocycles. The molecule has 9 heavy (non-hydrogen) atoms. The van der Waals surface area contributed by atoms with Crippen LogP contribution in [0, 0.1) is 0 Å². The van der Waals surface area contributed by atoms with E-state index < -0.39 is 0 Å². The van der Waals surface area contributed by atoms with Crippen LogP contribution in [-0.2, 0) is 9.53 Å². The molecule has 0 aromatic heterocycles. The summed E-state index contributed by atoms with van der Waals surface area (Å²) in [7, 11) is 0. The molecule has 2 nitrogen and oxygen atoms in total. The zero-order chi connectivity index (χ0) is 6.85. The highest BCUT2D eigenvalue weighted by Gasteiger charge is 2.20. The van der Waals surface area contributed by atoms with Gasteiger partial charge in [0.05, 0.1) is 0 Å². The average Bonchev–Trinajstić information content (AvgIpc) is 2.13. The summed E-state index contributed by atoms with van der Waals surface area (Å²) >= 11 is 0. The molecule has 2 heteroatoms. The van der Waals surface area contributed by atoms with Crippen LogP contribution in [-0.4, -0.2) is 11.9 Å². The zero-order valence-electron chi connectivity index (χ0n) is 5.68. The Bertz CT molecular complexity index is 158. The number of hydrogen-bond acceptors (Lipinski definition) is 2. The monoisotopic (exact) mass is 126 g/mol. The quantitative estimate of drug-likeness (QED) is 0.528. The summed E-state index contributed by atoms with van der Waals surface area (Å²) in [5, 5.41) is 0. The van der Waals surface area contributed by atoms with Crippen molar-refractivity contribution in [2.24, 2.45) is 0 Å². The van der Waals surface area contributed by atoms with E-state index in [1.807, 2.05) is 6.92 Å². The number of allylic oxidation sites excluding steroid dienone is 1. The van der Waals surface area contributed by atoms with Gasteiger partial charge >= 0.3 is 0 Å². The van der Waals surface area contributed by atoms with Crippen LogP contribution in [0.15, 0.2) is 11.8 Å². The zero-order valence-corrected chi connectivity index (χ0v) is 5.68. The molecular weight excluding hydrogens is 116 g/mol. The lowest BCUT2D eigenvalue weighted by Gasteiger charge is -2.02. The molecule has 0 radical (unpaired) electrons. The second-order valence-electron chi connectivity index (χ2n) is 2.13. The van der Waals surface area contributed by atoms with Crippen molar-refractivity contribution in [3.63, 3.8) is 0 Å². The molecule has 0 bridgehead atoms. The second-order valence-corrected chi connectivity index (χ2v) is 2.13.